The van der Waals surface area contributed by atoms with Crippen molar-refractivity contribution in [3.05, 3.63) is 24.3 Å². The number of carbonyl (C=O) groups is 1. The largest absolute Gasteiger partial charge is 0.326 e. The first kappa shape index (κ1) is 16.8. The molecule has 2 N–H and O–H groups in total. The van der Waals surface area contributed by atoms with Gasteiger partial charge in [-0.1, -0.05) is 26.8 Å². The van der Waals surface area contributed by atoms with Gasteiger partial charge in [0.25, 0.3) is 0 Å². The first-order chi connectivity index (χ1) is 9.14. The summed E-state index contributed by atoms with van der Waals surface area (Å²) in [5, 5.41) is 2.74. The van der Waals surface area contributed by atoms with Crippen LogP contribution in [0.2, 0.25) is 0 Å². The molecule has 0 aliphatic rings. The van der Waals surface area contributed by atoms with Crippen LogP contribution in [0.15, 0.2) is 24.3 Å². The van der Waals surface area contributed by atoms with Crippen LogP contribution in [0.3, 0.4) is 0 Å². The number of anilines is 2. The molecule has 1 rings (SSSR count). The van der Waals surface area contributed by atoms with E-state index >= 15 is 0 Å². The summed E-state index contributed by atoms with van der Waals surface area (Å²) in [6.07, 6.45) is 0. The SMILES string of the molecule is CC(C)(C)C(=O)Nc1cccc(NS(=O)(=O)CCCl)c1. The smallest absolute Gasteiger partial charge is 0.233 e. The Kier molecular flexibility index (Phi) is 5.42. The molecule has 0 fully saturated rings. The van der Waals surface area contributed by atoms with E-state index in [1.165, 1.54) is 0 Å². The van der Waals surface area contributed by atoms with Crippen LogP contribution in [0.25, 0.3) is 0 Å². The van der Waals surface area contributed by atoms with E-state index in [2.05, 4.69) is 10.0 Å². The van der Waals surface area contributed by atoms with Gasteiger partial charge in [0.05, 0.1) is 11.4 Å². The van der Waals surface area contributed by atoms with Crippen molar-refractivity contribution >= 4 is 38.9 Å². The number of alkyl halides is 1. The van der Waals surface area contributed by atoms with Gasteiger partial charge in [-0.25, -0.2) is 8.42 Å². The summed E-state index contributed by atoms with van der Waals surface area (Å²) in [4.78, 5) is 11.9. The molecule has 1 aromatic carbocycles. The minimum absolute atomic E-state index is 0.0236. The van der Waals surface area contributed by atoms with Crippen molar-refractivity contribution in [1.82, 2.24) is 0 Å². The third kappa shape index (κ3) is 5.38. The summed E-state index contributed by atoms with van der Waals surface area (Å²) in [7, 11) is -3.45. The molecule has 0 atom stereocenters. The Morgan fingerprint density at radius 2 is 1.85 bits per heavy atom. The second-order valence-electron chi connectivity index (χ2n) is 5.39. The van der Waals surface area contributed by atoms with E-state index in [1.807, 2.05) is 0 Å². The van der Waals surface area contributed by atoms with Gasteiger partial charge in [0.1, 0.15) is 0 Å². The highest BCUT2D eigenvalue weighted by Gasteiger charge is 2.21. The second-order valence-corrected chi connectivity index (χ2v) is 7.61. The number of hydrogen-bond acceptors (Lipinski definition) is 3. The Hall–Kier alpha value is -1.27. The summed E-state index contributed by atoms with van der Waals surface area (Å²) in [5.41, 5.74) is 0.409. The van der Waals surface area contributed by atoms with E-state index < -0.39 is 15.4 Å². The van der Waals surface area contributed by atoms with Crippen molar-refractivity contribution in [2.75, 3.05) is 21.7 Å². The molecule has 1 amide bonds. The van der Waals surface area contributed by atoms with Crippen molar-refractivity contribution in [3.8, 4) is 0 Å². The van der Waals surface area contributed by atoms with Crippen LogP contribution in [0.4, 0.5) is 11.4 Å². The molecule has 0 heterocycles. The zero-order valence-corrected chi connectivity index (χ0v) is 13.3. The lowest BCUT2D eigenvalue weighted by Gasteiger charge is -2.18. The molecular weight excluding hydrogens is 300 g/mol. The second kappa shape index (κ2) is 6.45. The molecule has 0 aliphatic heterocycles. The molecule has 1 aromatic rings. The zero-order valence-electron chi connectivity index (χ0n) is 11.7. The fourth-order valence-corrected chi connectivity index (χ4v) is 2.71. The van der Waals surface area contributed by atoms with E-state index in [4.69, 9.17) is 11.6 Å². The fourth-order valence-electron chi connectivity index (χ4n) is 1.31. The lowest BCUT2D eigenvalue weighted by molar-refractivity contribution is -0.123. The monoisotopic (exact) mass is 318 g/mol. The van der Waals surface area contributed by atoms with Crippen LogP contribution in [-0.2, 0) is 14.8 Å². The highest BCUT2D eigenvalue weighted by molar-refractivity contribution is 7.92. The van der Waals surface area contributed by atoms with Gasteiger partial charge in [-0.2, -0.15) is 0 Å². The van der Waals surface area contributed by atoms with Crippen LogP contribution >= 0.6 is 11.6 Å². The maximum Gasteiger partial charge on any atom is 0.233 e. The van der Waals surface area contributed by atoms with E-state index in [0.717, 1.165) is 0 Å². The molecule has 112 valence electrons. The molecular formula is C13H19ClN2O3S. The summed E-state index contributed by atoms with van der Waals surface area (Å²) in [6.45, 7) is 5.40. The van der Waals surface area contributed by atoms with Crippen LogP contribution in [-0.4, -0.2) is 26.0 Å². The van der Waals surface area contributed by atoms with E-state index in [-0.39, 0.29) is 17.5 Å². The molecule has 0 aromatic heterocycles. The summed E-state index contributed by atoms with van der Waals surface area (Å²) >= 11 is 5.43. The van der Waals surface area contributed by atoms with Gasteiger partial charge in [-0.3, -0.25) is 9.52 Å². The van der Waals surface area contributed by atoms with Crippen molar-refractivity contribution in [2.24, 2.45) is 5.41 Å². The molecule has 0 bridgehead atoms. The number of hydrogen-bond donors (Lipinski definition) is 2. The summed E-state index contributed by atoms with van der Waals surface area (Å²) in [5.74, 6) is -0.276. The third-order valence-electron chi connectivity index (χ3n) is 2.42. The van der Waals surface area contributed by atoms with Crippen molar-refractivity contribution in [3.63, 3.8) is 0 Å². The Bertz CT molecular complexity index is 580. The lowest BCUT2D eigenvalue weighted by Crippen LogP contribution is -2.27. The summed E-state index contributed by atoms with van der Waals surface area (Å²) < 4.78 is 25.6. The lowest BCUT2D eigenvalue weighted by atomic mass is 9.95. The standard InChI is InChI=1S/C13H19ClN2O3S/c1-13(2,3)12(17)15-10-5-4-6-11(9-10)16-20(18,19)8-7-14/h4-6,9,16H,7-8H2,1-3H3,(H,15,17). The fraction of sp³-hybridized carbons (Fsp3) is 0.462. The average molecular weight is 319 g/mol. The van der Waals surface area contributed by atoms with Crippen LogP contribution in [0.1, 0.15) is 20.8 Å². The number of carbonyl (C=O) groups excluding carboxylic acids is 1. The number of rotatable bonds is 5. The van der Waals surface area contributed by atoms with Crippen molar-refractivity contribution in [2.45, 2.75) is 20.8 Å². The average Bonchev–Trinajstić information content (AvgIpc) is 2.27. The van der Waals surface area contributed by atoms with Gasteiger partial charge in [0, 0.05) is 17.0 Å². The molecule has 0 spiro atoms. The number of benzene rings is 1. The van der Waals surface area contributed by atoms with E-state index in [0.29, 0.717) is 11.4 Å². The maximum atomic E-state index is 11.9. The molecule has 0 radical (unpaired) electrons. The number of amides is 1. The minimum atomic E-state index is -3.45. The predicted molar refractivity (Wildman–Crippen MR) is 82.7 cm³/mol. The van der Waals surface area contributed by atoms with Gasteiger partial charge in [-0.15, -0.1) is 11.6 Å². The highest BCUT2D eigenvalue weighted by Crippen LogP contribution is 2.20. The molecule has 5 nitrogen and oxygen atoms in total. The van der Waals surface area contributed by atoms with Gasteiger partial charge in [0.15, 0.2) is 0 Å². The summed E-state index contributed by atoms with van der Waals surface area (Å²) in [6, 6.07) is 6.54. The topological polar surface area (TPSA) is 75.3 Å². The predicted octanol–water partition coefficient (Wildman–Crippen LogP) is 2.65. The van der Waals surface area contributed by atoms with E-state index in [1.54, 1.807) is 45.0 Å². The first-order valence-corrected chi connectivity index (χ1v) is 8.31. The molecule has 0 unspecified atom stereocenters. The van der Waals surface area contributed by atoms with Crippen molar-refractivity contribution in [1.29, 1.82) is 0 Å². The maximum absolute atomic E-state index is 11.9. The number of nitrogens with one attached hydrogen (secondary N) is 2. The highest BCUT2D eigenvalue weighted by atomic mass is 35.5. The number of halogens is 1. The number of sulfonamides is 1. The van der Waals surface area contributed by atoms with Gasteiger partial charge in [-0.05, 0) is 18.2 Å². The van der Waals surface area contributed by atoms with E-state index in [9.17, 15) is 13.2 Å². The molecule has 0 aliphatic carbocycles. The van der Waals surface area contributed by atoms with Crippen LogP contribution < -0.4 is 10.0 Å². The molecule has 0 saturated heterocycles. The Morgan fingerprint density at radius 1 is 1.25 bits per heavy atom. The molecule has 20 heavy (non-hydrogen) atoms. The minimum Gasteiger partial charge on any atom is -0.326 e. The molecule has 7 heteroatoms. The Labute approximate surface area is 124 Å². The Balaban J connectivity index is 2.84. The Morgan fingerprint density at radius 3 is 2.40 bits per heavy atom. The third-order valence-corrected chi connectivity index (χ3v) is 4.12. The molecule has 0 saturated carbocycles. The quantitative estimate of drug-likeness (QED) is 0.819. The van der Waals surface area contributed by atoms with Crippen LogP contribution in [0.5, 0.6) is 0 Å². The van der Waals surface area contributed by atoms with Crippen molar-refractivity contribution < 1.29 is 13.2 Å². The van der Waals surface area contributed by atoms with Gasteiger partial charge < -0.3 is 5.32 Å². The van der Waals surface area contributed by atoms with Gasteiger partial charge >= 0.3 is 0 Å². The zero-order chi connectivity index (χ0) is 15.4. The normalized spacial score (nSPS) is 12.0. The van der Waals surface area contributed by atoms with Gasteiger partial charge in [0.2, 0.25) is 15.9 Å². The van der Waals surface area contributed by atoms with Crippen LogP contribution in [0, 0.1) is 5.41 Å². The first-order valence-electron chi connectivity index (χ1n) is 6.12.